The zero-order valence-corrected chi connectivity index (χ0v) is 16.1. The number of ether oxygens (including phenoxy) is 1. The van der Waals surface area contributed by atoms with Crippen molar-refractivity contribution in [1.29, 1.82) is 0 Å². The molecule has 1 amide bonds. The van der Waals surface area contributed by atoms with Gasteiger partial charge in [0.05, 0.1) is 27.4 Å². The summed E-state index contributed by atoms with van der Waals surface area (Å²) in [5.74, 6) is 0.212. The molecule has 0 saturated heterocycles. The van der Waals surface area contributed by atoms with Gasteiger partial charge in [0.1, 0.15) is 17.2 Å². The van der Waals surface area contributed by atoms with Crippen LogP contribution in [0.25, 0.3) is 0 Å². The summed E-state index contributed by atoms with van der Waals surface area (Å²) < 4.78 is 7.06. The van der Waals surface area contributed by atoms with Crippen LogP contribution in [0.4, 0.5) is 11.4 Å². The number of anilines is 1. The van der Waals surface area contributed by atoms with E-state index in [9.17, 15) is 14.9 Å². The van der Waals surface area contributed by atoms with E-state index in [1.54, 1.807) is 26.1 Å². The predicted octanol–water partition coefficient (Wildman–Crippen LogP) is 4.64. The molecule has 0 aliphatic heterocycles. The Morgan fingerprint density at radius 1 is 1.18 bits per heavy atom. The number of aromatic nitrogens is 2. The summed E-state index contributed by atoms with van der Waals surface area (Å²) in [4.78, 5) is 23.3. The van der Waals surface area contributed by atoms with Crippen LogP contribution in [0.3, 0.4) is 0 Å². The highest BCUT2D eigenvalue weighted by molar-refractivity contribution is 6.34. The molecule has 0 unspecified atom stereocenters. The minimum absolute atomic E-state index is 0.159. The number of amides is 1. The first-order chi connectivity index (χ1) is 13.2. The first kappa shape index (κ1) is 19.4. The Balaban J connectivity index is 1.91. The van der Waals surface area contributed by atoms with E-state index in [1.165, 1.54) is 22.9 Å². The van der Waals surface area contributed by atoms with E-state index < -0.39 is 10.8 Å². The Morgan fingerprint density at radius 3 is 2.43 bits per heavy atom. The molecule has 1 heterocycles. The number of carbonyl (C=O) groups is 1. The summed E-state index contributed by atoms with van der Waals surface area (Å²) in [6, 6.07) is 11.3. The van der Waals surface area contributed by atoms with Crippen molar-refractivity contribution in [1.82, 2.24) is 9.78 Å². The molecule has 0 bridgehead atoms. The maximum absolute atomic E-state index is 12.6. The third kappa shape index (κ3) is 4.12. The third-order valence-corrected chi connectivity index (χ3v) is 4.43. The molecule has 0 atom stereocenters. The third-order valence-electron chi connectivity index (χ3n) is 3.98. The zero-order chi connectivity index (χ0) is 20.4. The van der Waals surface area contributed by atoms with E-state index in [2.05, 4.69) is 10.4 Å². The minimum atomic E-state index is -0.557. The predicted molar refractivity (Wildman–Crippen MR) is 105 cm³/mol. The van der Waals surface area contributed by atoms with Gasteiger partial charge in [-0.15, -0.1) is 0 Å². The van der Waals surface area contributed by atoms with Crippen LogP contribution in [0, 0.1) is 24.0 Å². The highest BCUT2D eigenvalue weighted by Gasteiger charge is 2.20. The largest absolute Gasteiger partial charge is 0.457 e. The smallest absolute Gasteiger partial charge is 0.275 e. The number of aryl methyl sites for hydroxylation is 3. The lowest BCUT2D eigenvalue weighted by Crippen LogP contribution is -2.16. The molecule has 1 aromatic heterocycles. The van der Waals surface area contributed by atoms with Crippen LogP contribution in [0.5, 0.6) is 11.5 Å². The second-order valence-electron chi connectivity index (χ2n) is 6.21. The molecule has 3 rings (SSSR count). The SMILES string of the molecule is Cc1ccc(Oc2cc(NC(=O)c3c(Cl)c(C)nn3C)cc([N+](=O)[O-])c2)cc1. The first-order valence-corrected chi connectivity index (χ1v) is 8.67. The Bertz CT molecular complexity index is 1060. The average Bonchev–Trinajstić information content (AvgIpc) is 2.88. The number of nitrogens with zero attached hydrogens (tertiary/aromatic N) is 3. The van der Waals surface area contributed by atoms with Crippen LogP contribution in [0.1, 0.15) is 21.7 Å². The second kappa shape index (κ2) is 7.69. The fraction of sp³-hybridized carbons (Fsp3) is 0.158. The number of hydrogen-bond donors (Lipinski definition) is 1. The topological polar surface area (TPSA) is 99.3 Å². The van der Waals surface area contributed by atoms with Gasteiger partial charge in [0.25, 0.3) is 11.6 Å². The van der Waals surface area contributed by atoms with Crippen LogP contribution >= 0.6 is 11.6 Å². The highest BCUT2D eigenvalue weighted by Crippen LogP contribution is 2.30. The van der Waals surface area contributed by atoms with E-state index >= 15 is 0 Å². The zero-order valence-electron chi connectivity index (χ0n) is 15.4. The van der Waals surface area contributed by atoms with Crippen molar-refractivity contribution in [2.24, 2.45) is 7.05 Å². The number of non-ortho nitro benzene ring substituents is 1. The van der Waals surface area contributed by atoms with Crippen LogP contribution in [-0.2, 0) is 7.05 Å². The number of nitro groups is 1. The Kier molecular flexibility index (Phi) is 5.32. The van der Waals surface area contributed by atoms with Gasteiger partial charge in [-0.3, -0.25) is 19.6 Å². The van der Waals surface area contributed by atoms with Crippen LogP contribution in [-0.4, -0.2) is 20.6 Å². The second-order valence-corrected chi connectivity index (χ2v) is 6.59. The van der Waals surface area contributed by atoms with Crippen molar-refractivity contribution in [2.45, 2.75) is 13.8 Å². The number of carbonyl (C=O) groups excluding carboxylic acids is 1. The molecule has 28 heavy (non-hydrogen) atoms. The summed E-state index contributed by atoms with van der Waals surface area (Å²) in [5, 5.41) is 18.2. The van der Waals surface area contributed by atoms with Crippen molar-refractivity contribution >= 4 is 28.9 Å². The molecule has 1 N–H and O–H groups in total. The molecule has 0 fully saturated rings. The Hall–Kier alpha value is -3.39. The van der Waals surface area contributed by atoms with Gasteiger partial charge in [0.15, 0.2) is 0 Å². The van der Waals surface area contributed by atoms with Crippen molar-refractivity contribution < 1.29 is 14.5 Å². The standard InChI is InChI=1S/C19H17ClN4O4/c1-11-4-6-15(7-5-11)28-16-9-13(8-14(10-16)24(26)27)21-19(25)18-17(20)12(2)22-23(18)3/h4-10H,1-3H3,(H,21,25). The number of nitro benzene ring substituents is 1. The van der Waals surface area contributed by atoms with Crippen LogP contribution in [0.15, 0.2) is 42.5 Å². The lowest BCUT2D eigenvalue weighted by molar-refractivity contribution is -0.384. The van der Waals surface area contributed by atoms with E-state index in [1.807, 2.05) is 19.1 Å². The molecule has 144 valence electrons. The molecular formula is C19H17ClN4O4. The molecule has 0 saturated carbocycles. The maximum Gasteiger partial charge on any atom is 0.275 e. The van der Waals surface area contributed by atoms with Gasteiger partial charge in [-0.2, -0.15) is 5.10 Å². The molecule has 0 spiro atoms. The van der Waals surface area contributed by atoms with Crippen molar-refractivity contribution in [3.05, 3.63) is 74.6 Å². The summed E-state index contributed by atoms with van der Waals surface area (Å²) in [5.41, 5.74) is 1.72. The van der Waals surface area contributed by atoms with Gasteiger partial charge in [-0.05, 0) is 26.0 Å². The number of nitrogens with one attached hydrogen (secondary N) is 1. The quantitative estimate of drug-likeness (QED) is 0.496. The summed E-state index contributed by atoms with van der Waals surface area (Å²) in [6.07, 6.45) is 0. The van der Waals surface area contributed by atoms with Crippen molar-refractivity contribution in [2.75, 3.05) is 5.32 Å². The first-order valence-electron chi connectivity index (χ1n) is 8.29. The lowest BCUT2D eigenvalue weighted by Gasteiger charge is -2.10. The number of halogens is 1. The Labute approximate surface area is 165 Å². The molecule has 2 aromatic carbocycles. The van der Waals surface area contributed by atoms with Gasteiger partial charge < -0.3 is 10.1 Å². The lowest BCUT2D eigenvalue weighted by atomic mass is 10.2. The highest BCUT2D eigenvalue weighted by atomic mass is 35.5. The van der Waals surface area contributed by atoms with Gasteiger partial charge in [0.2, 0.25) is 0 Å². The van der Waals surface area contributed by atoms with Gasteiger partial charge in [0, 0.05) is 19.2 Å². The molecule has 0 aliphatic carbocycles. The van der Waals surface area contributed by atoms with Crippen molar-refractivity contribution in [3.8, 4) is 11.5 Å². The molecule has 0 radical (unpaired) electrons. The molecule has 9 heteroatoms. The van der Waals surface area contributed by atoms with E-state index in [0.717, 1.165) is 5.56 Å². The van der Waals surface area contributed by atoms with Gasteiger partial charge in [-0.25, -0.2) is 0 Å². The Morgan fingerprint density at radius 2 is 1.86 bits per heavy atom. The maximum atomic E-state index is 12.6. The fourth-order valence-electron chi connectivity index (χ4n) is 2.63. The van der Waals surface area contributed by atoms with Gasteiger partial charge >= 0.3 is 0 Å². The summed E-state index contributed by atoms with van der Waals surface area (Å²) >= 11 is 6.13. The van der Waals surface area contributed by atoms with Crippen molar-refractivity contribution in [3.63, 3.8) is 0 Å². The molecular weight excluding hydrogens is 384 g/mol. The molecule has 3 aromatic rings. The number of hydrogen-bond acceptors (Lipinski definition) is 5. The summed E-state index contributed by atoms with van der Waals surface area (Å²) in [6.45, 7) is 3.62. The van der Waals surface area contributed by atoms with Crippen LogP contribution < -0.4 is 10.1 Å². The monoisotopic (exact) mass is 400 g/mol. The summed E-state index contributed by atoms with van der Waals surface area (Å²) in [7, 11) is 1.59. The molecule has 8 nitrogen and oxygen atoms in total. The number of benzene rings is 2. The van der Waals surface area contributed by atoms with E-state index in [4.69, 9.17) is 16.3 Å². The van der Waals surface area contributed by atoms with E-state index in [-0.39, 0.29) is 27.8 Å². The molecule has 0 aliphatic rings. The normalized spacial score (nSPS) is 10.6. The average molecular weight is 401 g/mol. The van der Waals surface area contributed by atoms with Crippen LogP contribution in [0.2, 0.25) is 5.02 Å². The number of rotatable bonds is 5. The van der Waals surface area contributed by atoms with E-state index in [0.29, 0.717) is 11.4 Å². The van der Waals surface area contributed by atoms with Gasteiger partial charge in [-0.1, -0.05) is 29.3 Å². The fourth-order valence-corrected chi connectivity index (χ4v) is 2.88. The minimum Gasteiger partial charge on any atom is -0.457 e.